The summed E-state index contributed by atoms with van der Waals surface area (Å²) in [6, 6.07) is 5.23. The molecule has 1 aromatic rings. The van der Waals surface area contributed by atoms with Gasteiger partial charge in [0.25, 0.3) is 0 Å². The molecule has 0 atom stereocenters. The Bertz CT molecular complexity index is 519. The molecule has 1 aromatic carbocycles. The van der Waals surface area contributed by atoms with Gasteiger partial charge in [-0.1, -0.05) is 12.2 Å². The summed E-state index contributed by atoms with van der Waals surface area (Å²) in [6.45, 7) is 0. The molecular weight excluding hydrogens is 196 g/mol. The number of nitrogens with two attached hydrogens (primary N) is 1. The number of nitrogens with zero attached hydrogens (tertiary/aromatic N) is 1. The molecule has 0 bridgehead atoms. The zero-order chi connectivity index (χ0) is 9.97. The summed E-state index contributed by atoms with van der Waals surface area (Å²) in [7, 11) is 0. The van der Waals surface area contributed by atoms with Crippen molar-refractivity contribution in [3.8, 4) is 0 Å². The van der Waals surface area contributed by atoms with Gasteiger partial charge in [0.2, 0.25) is 5.91 Å². The van der Waals surface area contributed by atoms with Crippen LogP contribution in [0.2, 0.25) is 0 Å². The van der Waals surface area contributed by atoms with E-state index in [0.717, 1.165) is 10.6 Å². The van der Waals surface area contributed by atoms with Crippen LogP contribution >= 0.6 is 11.9 Å². The predicted molar refractivity (Wildman–Crippen MR) is 56.9 cm³/mol. The van der Waals surface area contributed by atoms with E-state index in [1.807, 2.05) is 17.6 Å². The average Bonchev–Trinajstić information content (AvgIpc) is 2.41. The van der Waals surface area contributed by atoms with Crippen LogP contribution in [-0.4, -0.2) is 5.91 Å². The number of fused-ring (bicyclic) bond motifs is 1. The second-order valence-corrected chi connectivity index (χ2v) is 3.50. The van der Waals surface area contributed by atoms with E-state index in [2.05, 4.69) is 4.40 Å². The zero-order valence-corrected chi connectivity index (χ0v) is 8.12. The second kappa shape index (κ2) is 3.67. The van der Waals surface area contributed by atoms with Crippen molar-refractivity contribution in [2.45, 2.75) is 0 Å². The number of amides is 1. The summed E-state index contributed by atoms with van der Waals surface area (Å²) < 4.78 is 4.23. The van der Waals surface area contributed by atoms with Crippen LogP contribution in [0, 0.1) is 0 Å². The fourth-order valence-electron chi connectivity index (χ4n) is 1.19. The van der Waals surface area contributed by atoms with E-state index >= 15 is 0 Å². The van der Waals surface area contributed by atoms with Gasteiger partial charge in [-0.3, -0.25) is 4.79 Å². The van der Waals surface area contributed by atoms with Crippen molar-refractivity contribution in [1.82, 2.24) is 0 Å². The van der Waals surface area contributed by atoms with Gasteiger partial charge in [0.15, 0.2) is 0 Å². The molecule has 1 aliphatic rings. The Labute approximate surface area is 85.2 Å². The minimum absolute atomic E-state index is 0.415. The van der Waals surface area contributed by atoms with Crippen molar-refractivity contribution in [1.29, 1.82) is 0 Å². The first kappa shape index (κ1) is 9.02. The monoisotopic (exact) mass is 204 g/mol. The third-order valence-electron chi connectivity index (χ3n) is 1.88. The number of carbonyl (C=O) groups excluding carboxylic acids is 1. The molecular formula is C10H8N2OS. The van der Waals surface area contributed by atoms with Gasteiger partial charge in [-0.05, 0) is 23.6 Å². The van der Waals surface area contributed by atoms with Crippen LogP contribution < -0.4 is 16.3 Å². The lowest BCUT2D eigenvalue weighted by Gasteiger charge is -1.94. The van der Waals surface area contributed by atoms with Crippen LogP contribution in [0.25, 0.3) is 6.08 Å². The third kappa shape index (κ3) is 1.70. The van der Waals surface area contributed by atoms with Crippen LogP contribution in [0.4, 0.5) is 0 Å². The highest BCUT2D eigenvalue weighted by molar-refractivity contribution is 8.00. The van der Waals surface area contributed by atoms with Gasteiger partial charge in [-0.2, -0.15) is 0 Å². The average molecular weight is 204 g/mol. The minimum Gasteiger partial charge on any atom is -0.366 e. The van der Waals surface area contributed by atoms with Crippen LogP contribution in [0.5, 0.6) is 0 Å². The number of primary amides is 1. The minimum atomic E-state index is -0.415. The Balaban J connectivity index is 2.69. The standard InChI is InChI=1S/C10H8N2OS/c11-10(13)8-3-4-9-7(6-8)2-1-5-14-12-9/h1-6H,(H2,11,13). The lowest BCUT2D eigenvalue weighted by atomic mass is 10.1. The number of carbonyl (C=O) groups is 1. The molecule has 0 aliphatic carbocycles. The fraction of sp³-hybridized carbons (Fsp3) is 0. The second-order valence-electron chi connectivity index (χ2n) is 2.83. The van der Waals surface area contributed by atoms with E-state index in [1.54, 1.807) is 18.2 Å². The van der Waals surface area contributed by atoms with Gasteiger partial charge in [-0.15, -0.1) is 0 Å². The van der Waals surface area contributed by atoms with E-state index in [9.17, 15) is 4.79 Å². The number of allylic oxidation sites excluding steroid dienone is 1. The van der Waals surface area contributed by atoms with Crippen LogP contribution in [-0.2, 0) is 0 Å². The van der Waals surface area contributed by atoms with E-state index in [0.29, 0.717) is 5.56 Å². The van der Waals surface area contributed by atoms with Crippen LogP contribution in [0.3, 0.4) is 0 Å². The molecule has 2 N–H and O–H groups in total. The Morgan fingerprint density at radius 3 is 3.07 bits per heavy atom. The van der Waals surface area contributed by atoms with Crippen molar-refractivity contribution in [2.24, 2.45) is 10.1 Å². The van der Waals surface area contributed by atoms with Gasteiger partial charge in [0, 0.05) is 22.7 Å². The molecule has 70 valence electrons. The van der Waals surface area contributed by atoms with E-state index in [4.69, 9.17) is 5.73 Å². The Morgan fingerprint density at radius 1 is 1.43 bits per heavy atom. The number of rotatable bonds is 1. The van der Waals surface area contributed by atoms with Gasteiger partial charge >= 0.3 is 0 Å². The molecule has 0 spiro atoms. The largest absolute Gasteiger partial charge is 0.366 e. The van der Waals surface area contributed by atoms with Crippen molar-refractivity contribution in [2.75, 3.05) is 0 Å². The fourth-order valence-corrected chi connectivity index (χ4v) is 1.68. The van der Waals surface area contributed by atoms with Gasteiger partial charge in [0.05, 0.1) is 5.36 Å². The lowest BCUT2D eigenvalue weighted by molar-refractivity contribution is 0.1000. The zero-order valence-electron chi connectivity index (χ0n) is 7.31. The predicted octanol–water partition coefficient (Wildman–Crippen LogP) is 0.361. The molecule has 1 amide bonds. The number of benzene rings is 1. The molecule has 2 rings (SSSR count). The van der Waals surface area contributed by atoms with E-state index in [1.165, 1.54) is 11.9 Å². The van der Waals surface area contributed by atoms with Gasteiger partial charge in [-0.25, -0.2) is 4.40 Å². The van der Waals surface area contributed by atoms with E-state index in [-0.39, 0.29) is 0 Å². The maximum absolute atomic E-state index is 10.9. The molecule has 4 heteroatoms. The molecule has 0 saturated carbocycles. The smallest absolute Gasteiger partial charge is 0.248 e. The summed E-state index contributed by atoms with van der Waals surface area (Å²) in [5, 5.41) is 3.66. The first-order chi connectivity index (χ1) is 6.77. The first-order valence-corrected chi connectivity index (χ1v) is 4.91. The molecule has 0 radical (unpaired) electrons. The Hall–Kier alpha value is -1.55. The molecule has 1 heterocycles. The van der Waals surface area contributed by atoms with E-state index < -0.39 is 5.91 Å². The highest BCUT2D eigenvalue weighted by Crippen LogP contribution is 2.03. The Morgan fingerprint density at radius 2 is 2.29 bits per heavy atom. The maximum Gasteiger partial charge on any atom is 0.248 e. The van der Waals surface area contributed by atoms with Crippen LogP contribution in [0.15, 0.2) is 34.1 Å². The molecule has 1 aliphatic heterocycles. The number of hydrogen-bond acceptors (Lipinski definition) is 3. The lowest BCUT2D eigenvalue weighted by Crippen LogP contribution is -2.26. The molecule has 14 heavy (non-hydrogen) atoms. The third-order valence-corrected chi connectivity index (χ3v) is 2.46. The Kier molecular flexibility index (Phi) is 2.37. The normalized spacial score (nSPS) is 13.4. The molecule has 0 unspecified atom stereocenters. The SMILES string of the molecule is NC(=O)c1ccc2c(c1)=CC=CSN=2. The highest BCUT2D eigenvalue weighted by Gasteiger charge is 1.99. The van der Waals surface area contributed by atoms with Gasteiger partial charge < -0.3 is 5.73 Å². The van der Waals surface area contributed by atoms with Crippen molar-refractivity contribution < 1.29 is 4.79 Å². The van der Waals surface area contributed by atoms with Gasteiger partial charge in [0.1, 0.15) is 0 Å². The summed E-state index contributed by atoms with van der Waals surface area (Å²) in [4.78, 5) is 10.9. The molecule has 0 fully saturated rings. The summed E-state index contributed by atoms with van der Waals surface area (Å²) in [5.41, 5.74) is 5.69. The number of hydrogen-bond donors (Lipinski definition) is 1. The molecule has 0 saturated heterocycles. The quantitative estimate of drug-likeness (QED) is 0.671. The first-order valence-electron chi connectivity index (χ1n) is 4.08. The van der Waals surface area contributed by atoms with Crippen molar-refractivity contribution in [3.63, 3.8) is 0 Å². The molecule has 0 aromatic heterocycles. The summed E-state index contributed by atoms with van der Waals surface area (Å²) in [6.07, 6.45) is 3.80. The van der Waals surface area contributed by atoms with Crippen molar-refractivity contribution >= 4 is 23.9 Å². The topological polar surface area (TPSA) is 55.5 Å². The summed E-state index contributed by atoms with van der Waals surface area (Å²) in [5.74, 6) is -0.415. The summed E-state index contributed by atoms with van der Waals surface area (Å²) >= 11 is 1.37. The molecule has 3 nitrogen and oxygen atoms in total. The highest BCUT2D eigenvalue weighted by atomic mass is 32.2. The van der Waals surface area contributed by atoms with Crippen LogP contribution in [0.1, 0.15) is 10.4 Å². The maximum atomic E-state index is 10.9. The van der Waals surface area contributed by atoms with Crippen molar-refractivity contribution in [3.05, 3.63) is 45.8 Å².